The van der Waals surface area contributed by atoms with Gasteiger partial charge < -0.3 is 19.4 Å². The first-order valence-electron chi connectivity index (χ1n) is 11.9. The Morgan fingerprint density at radius 1 is 0.865 bits per heavy atom. The van der Waals surface area contributed by atoms with E-state index in [9.17, 15) is 0 Å². The van der Waals surface area contributed by atoms with Crippen molar-refractivity contribution >= 4 is 33.3 Å². The monoisotopic (exact) mass is 490 g/mol. The number of fused-ring (bicyclic) bond motifs is 2. The third-order valence-corrected chi connectivity index (χ3v) is 6.40. The van der Waals surface area contributed by atoms with Crippen molar-refractivity contribution < 1.29 is 9.47 Å². The first-order valence-corrected chi connectivity index (χ1v) is 11.9. The van der Waals surface area contributed by atoms with Gasteiger partial charge in [-0.3, -0.25) is 9.67 Å². The summed E-state index contributed by atoms with van der Waals surface area (Å²) in [5.74, 6) is 1.44. The fourth-order valence-electron chi connectivity index (χ4n) is 4.53. The fraction of sp³-hybridized carbons (Fsp3) is 0.138. The van der Waals surface area contributed by atoms with Gasteiger partial charge in [-0.05, 0) is 35.7 Å². The average Bonchev–Trinajstić information content (AvgIpc) is 3.56. The van der Waals surface area contributed by atoms with E-state index in [4.69, 9.17) is 14.5 Å². The van der Waals surface area contributed by atoms with Crippen LogP contribution in [0, 0.1) is 0 Å². The van der Waals surface area contributed by atoms with Crippen molar-refractivity contribution in [1.82, 2.24) is 24.7 Å². The van der Waals surface area contributed by atoms with Gasteiger partial charge in [-0.2, -0.15) is 5.10 Å². The number of hydrogen-bond acceptors (Lipinski definition) is 6. The molecule has 0 fully saturated rings. The summed E-state index contributed by atoms with van der Waals surface area (Å²) in [6, 6.07) is 22.5. The van der Waals surface area contributed by atoms with Crippen LogP contribution in [0.25, 0.3) is 33.2 Å². The van der Waals surface area contributed by atoms with E-state index in [1.54, 1.807) is 31.3 Å². The molecule has 0 aliphatic carbocycles. The predicted octanol–water partition coefficient (Wildman–Crippen LogP) is 5.87. The molecule has 184 valence electrons. The molecule has 1 N–H and O–H groups in total. The molecule has 0 saturated carbocycles. The Bertz CT molecular complexity index is 1670. The van der Waals surface area contributed by atoms with Crippen LogP contribution in [-0.2, 0) is 13.6 Å². The first kappa shape index (κ1) is 22.6. The molecule has 0 bridgehead atoms. The van der Waals surface area contributed by atoms with Gasteiger partial charge in [0, 0.05) is 59.6 Å². The van der Waals surface area contributed by atoms with Gasteiger partial charge in [0.1, 0.15) is 11.5 Å². The number of aromatic nitrogens is 5. The molecular weight excluding hydrogens is 464 g/mol. The minimum Gasteiger partial charge on any atom is -0.497 e. The maximum absolute atomic E-state index is 5.57. The Morgan fingerprint density at radius 2 is 1.68 bits per heavy atom. The van der Waals surface area contributed by atoms with Crippen LogP contribution in [0.3, 0.4) is 0 Å². The maximum Gasteiger partial charge on any atom is 0.124 e. The quantitative estimate of drug-likeness (QED) is 0.302. The maximum atomic E-state index is 5.57. The lowest BCUT2D eigenvalue weighted by Gasteiger charge is -2.26. The number of methoxy groups -OCH3 is 2. The van der Waals surface area contributed by atoms with Crippen molar-refractivity contribution in [3.8, 4) is 22.8 Å². The molecule has 37 heavy (non-hydrogen) atoms. The molecule has 0 radical (unpaired) electrons. The number of nitrogens with zero attached hydrogens (tertiary/aromatic N) is 5. The molecule has 0 unspecified atom stereocenters. The second-order valence-electron chi connectivity index (χ2n) is 8.87. The van der Waals surface area contributed by atoms with Crippen LogP contribution >= 0.6 is 0 Å². The Hall–Kier alpha value is -4.85. The van der Waals surface area contributed by atoms with Crippen LogP contribution in [0.2, 0.25) is 0 Å². The molecule has 0 saturated heterocycles. The van der Waals surface area contributed by atoms with E-state index in [1.807, 2.05) is 49.6 Å². The molecular formula is C29H26N6O2. The zero-order chi connectivity index (χ0) is 25.4. The van der Waals surface area contributed by atoms with Gasteiger partial charge in [0.25, 0.3) is 0 Å². The van der Waals surface area contributed by atoms with Gasteiger partial charge in [0.05, 0.1) is 49.9 Å². The van der Waals surface area contributed by atoms with Crippen LogP contribution in [0.1, 0.15) is 5.69 Å². The van der Waals surface area contributed by atoms with Crippen LogP contribution in [-0.4, -0.2) is 39.0 Å². The highest BCUT2D eigenvalue weighted by atomic mass is 16.5. The lowest BCUT2D eigenvalue weighted by atomic mass is 10.1. The molecule has 8 nitrogen and oxygen atoms in total. The number of aromatic amines is 1. The molecule has 0 spiro atoms. The summed E-state index contributed by atoms with van der Waals surface area (Å²) in [6.45, 7) is 0.603. The van der Waals surface area contributed by atoms with Crippen molar-refractivity contribution in [2.75, 3.05) is 19.1 Å². The molecule has 3 heterocycles. The highest BCUT2D eigenvalue weighted by Crippen LogP contribution is 2.35. The van der Waals surface area contributed by atoms with Gasteiger partial charge in [-0.15, -0.1) is 0 Å². The zero-order valence-electron chi connectivity index (χ0n) is 20.8. The number of aryl methyl sites for hydroxylation is 1. The number of ether oxygens (including phenoxy) is 2. The molecule has 3 aromatic carbocycles. The second kappa shape index (κ2) is 9.31. The number of rotatable bonds is 7. The smallest absolute Gasteiger partial charge is 0.124 e. The summed E-state index contributed by atoms with van der Waals surface area (Å²) >= 11 is 0. The van der Waals surface area contributed by atoms with Crippen LogP contribution in [0.15, 0.2) is 85.3 Å². The third-order valence-electron chi connectivity index (χ3n) is 6.40. The number of hydrogen-bond donors (Lipinski definition) is 1. The van der Waals surface area contributed by atoms with Crippen molar-refractivity contribution in [3.05, 3.63) is 91.0 Å². The van der Waals surface area contributed by atoms with Gasteiger partial charge >= 0.3 is 0 Å². The van der Waals surface area contributed by atoms with E-state index in [2.05, 4.69) is 50.3 Å². The van der Waals surface area contributed by atoms with Crippen molar-refractivity contribution in [2.24, 2.45) is 7.05 Å². The Morgan fingerprint density at radius 3 is 2.41 bits per heavy atom. The minimum absolute atomic E-state index is 0.603. The van der Waals surface area contributed by atoms with Crippen LogP contribution in [0.4, 0.5) is 11.4 Å². The molecule has 6 rings (SSSR count). The van der Waals surface area contributed by atoms with E-state index in [0.717, 1.165) is 56.4 Å². The summed E-state index contributed by atoms with van der Waals surface area (Å²) in [7, 11) is 5.21. The van der Waals surface area contributed by atoms with Gasteiger partial charge in [0.2, 0.25) is 0 Å². The molecule has 0 aliphatic heterocycles. The van der Waals surface area contributed by atoms with Gasteiger partial charge in [-0.1, -0.05) is 18.2 Å². The van der Waals surface area contributed by atoms with Crippen molar-refractivity contribution in [1.29, 1.82) is 0 Å². The van der Waals surface area contributed by atoms with Crippen LogP contribution in [0.5, 0.6) is 11.5 Å². The predicted molar refractivity (Wildman–Crippen MR) is 145 cm³/mol. The Labute approximate surface area is 214 Å². The zero-order valence-corrected chi connectivity index (χ0v) is 20.8. The lowest BCUT2D eigenvalue weighted by molar-refractivity contribution is 0.394. The average molecular weight is 491 g/mol. The fourth-order valence-corrected chi connectivity index (χ4v) is 4.53. The van der Waals surface area contributed by atoms with E-state index >= 15 is 0 Å². The molecule has 0 atom stereocenters. The molecule has 6 aromatic rings. The van der Waals surface area contributed by atoms with Gasteiger partial charge in [-0.25, -0.2) is 4.98 Å². The van der Waals surface area contributed by atoms with Crippen molar-refractivity contribution in [2.45, 2.75) is 6.54 Å². The van der Waals surface area contributed by atoms with E-state index in [1.165, 1.54) is 5.39 Å². The summed E-state index contributed by atoms with van der Waals surface area (Å²) in [5, 5.41) is 5.44. The largest absolute Gasteiger partial charge is 0.497 e. The SMILES string of the molecule is COc1cc(OC)cc(N(Cc2cc3ccccc3[nH]2)c2ccc3ncc(-c4cnn(C)c4)nc3c2)c1. The summed E-state index contributed by atoms with van der Waals surface area (Å²) in [6.07, 6.45) is 5.52. The van der Waals surface area contributed by atoms with E-state index in [0.29, 0.717) is 6.54 Å². The Kier molecular flexibility index (Phi) is 5.69. The van der Waals surface area contributed by atoms with E-state index in [-0.39, 0.29) is 0 Å². The first-order chi connectivity index (χ1) is 18.1. The third kappa shape index (κ3) is 4.45. The number of benzene rings is 3. The van der Waals surface area contributed by atoms with E-state index < -0.39 is 0 Å². The topological polar surface area (TPSA) is 81.1 Å². The lowest BCUT2D eigenvalue weighted by Crippen LogP contribution is -2.17. The standard InChI is InChI=1S/C29H26N6O2/c1-34-17-20(15-31-34)29-16-30-27-9-8-22(13-28(27)33-29)35(23-11-24(36-2)14-25(12-23)37-3)18-21-10-19-6-4-5-7-26(19)32-21/h4-17,32H,18H2,1-3H3. The highest BCUT2D eigenvalue weighted by Gasteiger charge is 2.16. The number of anilines is 2. The number of para-hydroxylation sites is 1. The molecule has 3 aromatic heterocycles. The number of H-pyrrole nitrogens is 1. The Balaban J connectivity index is 1.47. The van der Waals surface area contributed by atoms with Gasteiger partial charge in [0.15, 0.2) is 0 Å². The normalized spacial score (nSPS) is 11.2. The molecule has 8 heteroatoms. The highest BCUT2D eigenvalue weighted by molar-refractivity contribution is 5.83. The van der Waals surface area contributed by atoms with Crippen molar-refractivity contribution in [3.63, 3.8) is 0 Å². The second-order valence-corrected chi connectivity index (χ2v) is 8.87. The van der Waals surface area contributed by atoms with Crippen LogP contribution < -0.4 is 14.4 Å². The summed E-state index contributed by atoms with van der Waals surface area (Å²) in [5.41, 5.74) is 7.42. The molecule has 0 aliphatic rings. The molecule has 0 amide bonds. The summed E-state index contributed by atoms with van der Waals surface area (Å²) < 4.78 is 12.9. The summed E-state index contributed by atoms with van der Waals surface area (Å²) in [4.78, 5) is 15.3. The minimum atomic E-state index is 0.603. The number of nitrogens with one attached hydrogen (secondary N) is 1.